The zero-order valence-electron chi connectivity index (χ0n) is 18.3. The topological polar surface area (TPSA) is 39.7 Å². The van der Waals surface area contributed by atoms with Crippen LogP contribution in [0.5, 0.6) is 0 Å². The Labute approximate surface area is 180 Å². The van der Waals surface area contributed by atoms with Gasteiger partial charge in [-0.25, -0.2) is 0 Å². The zero-order chi connectivity index (χ0) is 20.3. The lowest BCUT2D eigenvalue weighted by Crippen LogP contribution is -2.53. The first-order valence-corrected chi connectivity index (χ1v) is 12.0. The molecule has 6 rings (SSSR count). The molecule has 2 N–H and O–H groups in total. The fourth-order valence-corrected chi connectivity index (χ4v) is 6.62. The molecule has 0 radical (unpaired) electrons. The molecule has 2 aliphatic carbocycles. The lowest BCUT2D eigenvalue weighted by molar-refractivity contribution is 0.198. The number of piperidine rings is 1. The Morgan fingerprint density at radius 3 is 2.77 bits per heavy atom. The summed E-state index contributed by atoms with van der Waals surface area (Å²) in [5.74, 6) is 2.43. The Balaban J connectivity index is 1.33. The maximum absolute atomic E-state index is 5.47. The number of benzene rings is 1. The largest absolute Gasteiger partial charge is 0.383 e. The van der Waals surface area contributed by atoms with Crippen molar-refractivity contribution in [3.63, 3.8) is 0 Å². The molecule has 30 heavy (non-hydrogen) atoms. The van der Waals surface area contributed by atoms with Crippen LogP contribution in [0.25, 0.3) is 0 Å². The average molecular weight is 403 g/mol. The van der Waals surface area contributed by atoms with E-state index in [-0.39, 0.29) is 5.54 Å². The van der Waals surface area contributed by atoms with E-state index in [0.717, 1.165) is 19.5 Å². The minimum Gasteiger partial charge on any atom is -0.383 e. The highest BCUT2D eigenvalue weighted by molar-refractivity contribution is 5.91. The van der Waals surface area contributed by atoms with Gasteiger partial charge in [-0.05, 0) is 69.3 Å². The van der Waals surface area contributed by atoms with E-state index in [1.165, 1.54) is 42.8 Å². The molecule has 0 bridgehead atoms. The van der Waals surface area contributed by atoms with Crippen molar-refractivity contribution in [2.24, 2.45) is 16.8 Å². The van der Waals surface area contributed by atoms with Gasteiger partial charge in [-0.2, -0.15) is 0 Å². The van der Waals surface area contributed by atoms with Crippen LogP contribution in [-0.2, 0) is 6.42 Å². The minimum atomic E-state index is 0.128. The van der Waals surface area contributed by atoms with Crippen LogP contribution >= 0.6 is 0 Å². The highest BCUT2D eigenvalue weighted by atomic mass is 15.4. The lowest BCUT2D eigenvalue weighted by Gasteiger charge is -2.43. The molecule has 5 atom stereocenters. The van der Waals surface area contributed by atoms with Gasteiger partial charge in [0.1, 0.15) is 5.84 Å². The molecule has 1 aromatic carbocycles. The van der Waals surface area contributed by atoms with Crippen molar-refractivity contribution in [3.8, 4) is 0 Å². The van der Waals surface area contributed by atoms with Crippen molar-refractivity contribution in [2.45, 2.75) is 69.6 Å². The summed E-state index contributed by atoms with van der Waals surface area (Å²) in [4.78, 5) is 8.28. The molecule has 1 spiro atoms. The van der Waals surface area contributed by atoms with Crippen LogP contribution in [-0.4, -0.2) is 47.5 Å². The summed E-state index contributed by atoms with van der Waals surface area (Å²) in [6.07, 6.45) is 10.9. The highest BCUT2D eigenvalue weighted by Gasteiger charge is 2.74. The highest BCUT2D eigenvalue weighted by Crippen LogP contribution is 2.64. The van der Waals surface area contributed by atoms with E-state index in [1.807, 2.05) is 0 Å². The summed E-state index contributed by atoms with van der Waals surface area (Å²) in [5, 5.41) is 7.30. The predicted octanol–water partition coefficient (Wildman–Crippen LogP) is 3.66. The van der Waals surface area contributed by atoms with Gasteiger partial charge in [0.2, 0.25) is 0 Å². The molecule has 5 unspecified atom stereocenters. The van der Waals surface area contributed by atoms with Gasteiger partial charge in [0.25, 0.3) is 0 Å². The van der Waals surface area contributed by atoms with Gasteiger partial charge in [0.15, 0.2) is 0 Å². The van der Waals surface area contributed by atoms with E-state index in [4.69, 9.17) is 4.99 Å². The maximum Gasteiger partial charge on any atom is 0.104 e. The standard InChI is InChI=1S/C26H34N4/c1-17(16-19-6-4-3-5-7-19)25-29-24-23-21-9-8-18(2)28-22(21)10-13-26(23,24)30(25)20-11-14-27-15-12-20/h3-7,10,13,17-18,20,23-24,27-28H,8-9,11-12,14-16H2,1-2H3. The number of nitrogens with zero attached hydrogens (tertiary/aromatic N) is 2. The van der Waals surface area contributed by atoms with E-state index >= 15 is 0 Å². The molecule has 4 nitrogen and oxygen atoms in total. The second kappa shape index (κ2) is 6.98. The van der Waals surface area contributed by atoms with Crippen LogP contribution in [0.2, 0.25) is 0 Å². The Morgan fingerprint density at radius 2 is 1.97 bits per heavy atom. The molecule has 3 heterocycles. The first kappa shape index (κ1) is 18.7. The summed E-state index contributed by atoms with van der Waals surface area (Å²) in [7, 11) is 0. The predicted molar refractivity (Wildman–Crippen MR) is 122 cm³/mol. The van der Waals surface area contributed by atoms with Crippen LogP contribution in [0.3, 0.4) is 0 Å². The SMILES string of the molecule is CC1CCC2=C(C=CC34C(N=C(C(C)Cc5ccccc5)N3C3CCNCC3)C24)N1. The van der Waals surface area contributed by atoms with E-state index in [1.54, 1.807) is 5.57 Å². The third-order valence-corrected chi connectivity index (χ3v) is 8.10. The molecule has 1 aromatic rings. The molecule has 4 heteroatoms. The number of hydrogen-bond acceptors (Lipinski definition) is 4. The van der Waals surface area contributed by atoms with Crippen molar-refractivity contribution in [1.29, 1.82) is 0 Å². The number of fused-ring (bicyclic) bond motifs is 2. The summed E-state index contributed by atoms with van der Waals surface area (Å²) in [5.41, 5.74) is 4.60. The first-order valence-electron chi connectivity index (χ1n) is 12.0. The number of aliphatic imine (C=N–C) groups is 1. The minimum absolute atomic E-state index is 0.128. The number of allylic oxidation sites excluding steroid dienone is 1. The van der Waals surface area contributed by atoms with Crippen LogP contribution in [0, 0.1) is 11.8 Å². The van der Waals surface area contributed by atoms with E-state index < -0.39 is 0 Å². The zero-order valence-corrected chi connectivity index (χ0v) is 18.3. The Hall–Kier alpha value is -2.07. The number of nitrogens with one attached hydrogen (secondary N) is 2. The summed E-state index contributed by atoms with van der Waals surface area (Å²) in [6.45, 7) is 6.95. The molecule has 3 aliphatic heterocycles. The average Bonchev–Trinajstić information content (AvgIpc) is 3.30. The smallest absolute Gasteiger partial charge is 0.104 e. The second-order valence-electron chi connectivity index (χ2n) is 10.1. The summed E-state index contributed by atoms with van der Waals surface area (Å²) >= 11 is 0. The van der Waals surface area contributed by atoms with Gasteiger partial charge < -0.3 is 15.5 Å². The van der Waals surface area contributed by atoms with Gasteiger partial charge in [-0.15, -0.1) is 0 Å². The molecule has 2 fully saturated rings. The van der Waals surface area contributed by atoms with Gasteiger partial charge in [-0.3, -0.25) is 4.99 Å². The monoisotopic (exact) mass is 402 g/mol. The third-order valence-electron chi connectivity index (χ3n) is 8.10. The molecular weight excluding hydrogens is 368 g/mol. The molecular formula is C26H34N4. The lowest BCUT2D eigenvalue weighted by atomic mass is 9.87. The van der Waals surface area contributed by atoms with E-state index in [2.05, 4.69) is 71.9 Å². The normalized spacial score (nSPS) is 35.9. The van der Waals surface area contributed by atoms with Crippen molar-refractivity contribution >= 4 is 5.84 Å². The van der Waals surface area contributed by atoms with Gasteiger partial charge in [0.05, 0.1) is 11.6 Å². The van der Waals surface area contributed by atoms with Crippen LogP contribution < -0.4 is 10.6 Å². The fourth-order valence-electron chi connectivity index (χ4n) is 6.62. The van der Waals surface area contributed by atoms with Gasteiger partial charge in [-0.1, -0.05) is 43.3 Å². The number of hydrogen-bond donors (Lipinski definition) is 2. The fraction of sp³-hybridized carbons (Fsp3) is 0.577. The number of amidine groups is 1. The Kier molecular flexibility index (Phi) is 4.35. The van der Waals surface area contributed by atoms with Crippen molar-refractivity contribution in [3.05, 3.63) is 59.3 Å². The molecule has 1 saturated heterocycles. The summed E-state index contributed by atoms with van der Waals surface area (Å²) < 4.78 is 0. The summed E-state index contributed by atoms with van der Waals surface area (Å²) in [6, 6.07) is 12.6. The van der Waals surface area contributed by atoms with Gasteiger partial charge >= 0.3 is 0 Å². The quantitative estimate of drug-likeness (QED) is 0.807. The van der Waals surface area contributed by atoms with E-state index in [0.29, 0.717) is 30.0 Å². The van der Waals surface area contributed by atoms with Gasteiger partial charge in [0, 0.05) is 29.6 Å². The number of rotatable bonds is 4. The molecule has 0 aromatic heterocycles. The van der Waals surface area contributed by atoms with Crippen LogP contribution in [0.4, 0.5) is 0 Å². The Bertz CT molecular complexity index is 910. The molecule has 158 valence electrons. The van der Waals surface area contributed by atoms with Crippen LogP contribution in [0.1, 0.15) is 45.1 Å². The third kappa shape index (κ3) is 2.72. The first-order chi connectivity index (χ1) is 14.7. The molecule has 5 aliphatic rings. The second-order valence-corrected chi connectivity index (χ2v) is 10.1. The molecule has 0 amide bonds. The van der Waals surface area contributed by atoms with E-state index in [9.17, 15) is 0 Å². The van der Waals surface area contributed by atoms with Crippen molar-refractivity contribution in [1.82, 2.24) is 15.5 Å². The van der Waals surface area contributed by atoms with Crippen LogP contribution in [0.15, 0.2) is 58.7 Å². The Morgan fingerprint density at radius 1 is 1.17 bits per heavy atom. The maximum atomic E-state index is 5.47. The molecule has 1 saturated carbocycles. The van der Waals surface area contributed by atoms with Crippen molar-refractivity contribution < 1.29 is 0 Å². The van der Waals surface area contributed by atoms with Crippen molar-refractivity contribution in [2.75, 3.05) is 13.1 Å².